The largest absolute Gasteiger partial charge is 0.467 e. The Hall–Kier alpha value is -2.51. The second-order valence-electron chi connectivity index (χ2n) is 11.1. The van der Waals surface area contributed by atoms with Crippen LogP contribution < -0.4 is 14.2 Å². The predicted octanol–water partition coefficient (Wildman–Crippen LogP) is 5.82. The molecule has 11 heteroatoms. The van der Waals surface area contributed by atoms with E-state index < -0.39 is 20.4 Å². The van der Waals surface area contributed by atoms with Gasteiger partial charge in [-0.15, -0.1) is 0 Å². The highest BCUT2D eigenvalue weighted by atomic mass is 28.4. The van der Waals surface area contributed by atoms with Crippen LogP contribution in [0.4, 0.5) is 0 Å². The van der Waals surface area contributed by atoms with Crippen LogP contribution in [0.3, 0.4) is 0 Å². The highest BCUT2D eigenvalue weighted by molar-refractivity contribution is 6.74. The Morgan fingerprint density at radius 1 is 0.854 bits per heavy atom. The SMILES string of the molecule is COCOc1cc(CO[Si](C)(C)C(C)(C)C)cc(OCOC)c1C(=O)c1c(OCOC)cccc1C1OCCCO1. The van der Waals surface area contributed by atoms with Gasteiger partial charge in [0.05, 0.1) is 25.4 Å². The van der Waals surface area contributed by atoms with Gasteiger partial charge in [0.1, 0.15) is 22.8 Å². The van der Waals surface area contributed by atoms with Crippen LogP contribution >= 0.6 is 0 Å². The van der Waals surface area contributed by atoms with Gasteiger partial charge in [-0.05, 0) is 48.3 Å². The van der Waals surface area contributed by atoms with E-state index >= 15 is 0 Å². The number of ketones is 1. The Kier molecular flexibility index (Phi) is 12.2. The van der Waals surface area contributed by atoms with Crippen LogP contribution in [0.1, 0.15) is 60.5 Å². The molecule has 0 saturated carbocycles. The molecule has 0 N–H and O–H groups in total. The minimum Gasteiger partial charge on any atom is -0.467 e. The normalized spacial score (nSPS) is 14.6. The van der Waals surface area contributed by atoms with Crippen LogP contribution in [0.5, 0.6) is 17.2 Å². The summed E-state index contributed by atoms with van der Waals surface area (Å²) in [6.45, 7) is 12.0. The molecule has 10 nitrogen and oxygen atoms in total. The number of ether oxygens (including phenoxy) is 8. The molecule has 0 bridgehead atoms. The van der Waals surface area contributed by atoms with Gasteiger partial charge in [0.2, 0.25) is 5.78 Å². The van der Waals surface area contributed by atoms with Crippen LogP contribution in [0.15, 0.2) is 30.3 Å². The monoisotopic (exact) mass is 592 g/mol. The standard InChI is InChI=1S/C30H44O10Si/c1-30(2,3)41(7,8)40-17-21-15-24(38-19-33-5)27(25(16-21)39-20-34-6)28(31)26-22(29-35-13-10-14-36-29)11-9-12-23(26)37-18-32-4/h9,11-12,15-16,29H,10,13-14,17-20H2,1-8H3. The Morgan fingerprint density at radius 3 is 1.90 bits per heavy atom. The first-order valence-corrected chi connectivity index (χ1v) is 16.5. The lowest BCUT2D eigenvalue weighted by Gasteiger charge is -2.36. The number of carbonyl (C=O) groups excluding carboxylic acids is 1. The van der Waals surface area contributed by atoms with Gasteiger partial charge in [-0.3, -0.25) is 4.79 Å². The van der Waals surface area contributed by atoms with E-state index in [0.717, 1.165) is 12.0 Å². The van der Waals surface area contributed by atoms with Gasteiger partial charge in [0, 0.05) is 26.9 Å². The summed E-state index contributed by atoms with van der Waals surface area (Å²) in [4.78, 5) is 14.5. The zero-order valence-electron chi connectivity index (χ0n) is 25.5. The lowest BCUT2D eigenvalue weighted by atomic mass is 9.94. The quantitative estimate of drug-likeness (QED) is 0.143. The summed E-state index contributed by atoms with van der Waals surface area (Å²) in [5, 5.41) is 0.0270. The Labute approximate surface area is 244 Å². The second-order valence-corrected chi connectivity index (χ2v) is 16.0. The summed E-state index contributed by atoms with van der Waals surface area (Å²) < 4.78 is 51.5. The van der Waals surface area contributed by atoms with Gasteiger partial charge in [-0.2, -0.15) is 0 Å². The highest BCUT2D eigenvalue weighted by Crippen LogP contribution is 2.41. The molecule has 1 aliphatic rings. The molecule has 228 valence electrons. The maximum absolute atomic E-state index is 14.5. The fourth-order valence-electron chi connectivity index (χ4n) is 3.93. The summed E-state index contributed by atoms with van der Waals surface area (Å²) in [5.41, 5.74) is 1.75. The van der Waals surface area contributed by atoms with Crippen LogP contribution in [-0.2, 0) is 34.7 Å². The van der Waals surface area contributed by atoms with Crippen molar-refractivity contribution in [3.05, 3.63) is 52.6 Å². The fourth-order valence-corrected chi connectivity index (χ4v) is 4.89. The number of hydrogen-bond donors (Lipinski definition) is 0. The summed E-state index contributed by atoms with van der Waals surface area (Å²) >= 11 is 0. The maximum Gasteiger partial charge on any atom is 0.204 e. The van der Waals surface area contributed by atoms with Crippen LogP contribution in [-0.4, -0.2) is 69.0 Å². The summed E-state index contributed by atoms with van der Waals surface area (Å²) in [7, 11) is 2.47. The van der Waals surface area contributed by atoms with Gasteiger partial charge < -0.3 is 42.3 Å². The molecule has 0 atom stereocenters. The van der Waals surface area contributed by atoms with Gasteiger partial charge in [-0.25, -0.2) is 0 Å². The van der Waals surface area contributed by atoms with E-state index in [4.69, 9.17) is 42.3 Å². The molecule has 3 rings (SSSR count). The first-order chi connectivity index (χ1) is 19.5. The number of hydrogen-bond acceptors (Lipinski definition) is 10. The van der Waals surface area contributed by atoms with E-state index in [1.54, 1.807) is 30.3 Å². The Morgan fingerprint density at radius 2 is 1.39 bits per heavy atom. The first-order valence-electron chi connectivity index (χ1n) is 13.6. The topological polar surface area (TPSA) is 100 Å². The van der Waals surface area contributed by atoms with E-state index in [0.29, 0.717) is 31.1 Å². The van der Waals surface area contributed by atoms with Gasteiger partial charge in [0.15, 0.2) is 35.0 Å². The molecule has 0 unspecified atom stereocenters. The molecule has 1 heterocycles. The van der Waals surface area contributed by atoms with Crippen LogP contribution in [0.25, 0.3) is 0 Å². The van der Waals surface area contributed by atoms with Crippen molar-refractivity contribution < 1.29 is 47.1 Å². The zero-order valence-corrected chi connectivity index (χ0v) is 26.5. The molecule has 2 aromatic carbocycles. The summed E-state index contributed by atoms with van der Waals surface area (Å²) in [6.07, 6.45) is 0.0277. The van der Waals surface area contributed by atoms with Crippen molar-refractivity contribution in [3.8, 4) is 17.2 Å². The van der Waals surface area contributed by atoms with Gasteiger partial charge in [-0.1, -0.05) is 32.9 Å². The minimum atomic E-state index is -2.06. The minimum absolute atomic E-state index is 0.0270. The fraction of sp³-hybridized carbons (Fsp3) is 0.567. The van der Waals surface area contributed by atoms with E-state index in [2.05, 4.69) is 33.9 Å². The van der Waals surface area contributed by atoms with Crippen molar-refractivity contribution in [1.82, 2.24) is 0 Å². The summed E-state index contributed by atoms with van der Waals surface area (Å²) in [5.74, 6) is 0.459. The van der Waals surface area contributed by atoms with Gasteiger partial charge in [0.25, 0.3) is 0 Å². The molecule has 1 aliphatic heterocycles. The molecule has 0 spiro atoms. The van der Waals surface area contributed by atoms with Crippen molar-refractivity contribution in [1.29, 1.82) is 0 Å². The van der Waals surface area contributed by atoms with E-state index in [1.165, 1.54) is 21.3 Å². The predicted molar refractivity (Wildman–Crippen MR) is 155 cm³/mol. The maximum atomic E-state index is 14.5. The molecule has 2 aromatic rings. The van der Waals surface area contributed by atoms with Crippen molar-refractivity contribution >= 4 is 14.1 Å². The lowest BCUT2D eigenvalue weighted by molar-refractivity contribution is -0.183. The molecule has 0 radical (unpaired) electrons. The molecule has 0 amide bonds. The van der Waals surface area contributed by atoms with Crippen LogP contribution in [0, 0.1) is 0 Å². The lowest BCUT2D eigenvalue weighted by Crippen LogP contribution is -2.40. The number of benzene rings is 2. The number of rotatable bonds is 15. The molecular formula is C30H44O10Si. The Bertz CT molecular complexity index is 1110. The molecule has 0 aliphatic carbocycles. The number of carbonyl (C=O) groups is 1. The average molecular weight is 593 g/mol. The molecule has 0 aromatic heterocycles. The van der Waals surface area contributed by atoms with E-state index in [9.17, 15) is 4.79 Å². The van der Waals surface area contributed by atoms with Crippen molar-refractivity contribution in [3.63, 3.8) is 0 Å². The first kappa shape index (κ1) is 33.0. The third kappa shape index (κ3) is 8.51. The van der Waals surface area contributed by atoms with E-state index in [-0.39, 0.29) is 48.0 Å². The smallest absolute Gasteiger partial charge is 0.204 e. The third-order valence-electron chi connectivity index (χ3n) is 7.12. The number of methoxy groups -OCH3 is 3. The molecular weight excluding hydrogens is 548 g/mol. The van der Waals surface area contributed by atoms with Crippen molar-refractivity contribution in [2.75, 3.05) is 54.9 Å². The molecule has 1 saturated heterocycles. The highest BCUT2D eigenvalue weighted by Gasteiger charge is 2.37. The molecule has 1 fully saturated rings. The second kappa shape index (κ2) is 15.1. The summed E-state index contributed by atoms with van der Waals surface area (Å²) in [6, 6.07) is 8.83. The molecule has 41 heavy (non-hydrogen) atoms. The zero-order chi connectivity index (χ0) is 30.0. The van der Waals surface area contributed by atoms with E-state index in [1.807, 2.05) is 0 Å². The third-order valence-corrected chi connectivity index (χ3v) is 11.6. The average Bonchev–Trinajstić information content (AvgIpc) is 2.96. The van der Waals surface area contributed by atoms with Crippen molar-refractivity contribution in [2.45, 2.75) is 58.2 Å². The van der Waals surface area contributed by atoms with Crippen LogP contribution in [0.2, 0.25) is 18.1 Å². The van der Waals surface area contributed by atoms with Crippen molar-refractivity contribution in [2.24, 2.45) is 0 Å². The van der Waals surface area contributed by atoms with Gasteiger partial charge >= 0.3 is 0 Å². The Balaban J connectivity index is 2.16.